The molecule has 4 rings (SSSR count). The number of rotatable bonds is 2. The van der Waals surface area contributed by atoms with E-state index in [1.54, 1.807) is 0 Å². The van der Waals surface area contributed by atoms with Crippen LogP contribution in [0.3, 0.4) is 0 Å². The largest absolute Gasteiger partial charge is 0.466 e. The van der Waals surface area contributed by atoms with E-state index in [1.807, 2.05) is 6.92 Å². The molecule has 0 radical (unpaired) electrons. The molecule has 0 bridgehead atoms. The third-order valence-corrected chi connectivity index (χ3v) is 6.18. The maximum Gasteiger partial charge on any atom is 0.309 e. The molecule has 17 heavy (non-hydrogen) atoms. The van der Waals surface area contributed by atoms with Gasteiger partial charge in [0.15, 0.2) is 0 Å². The molecule has 92 valence electrons. The number of Topliss-reactive ketones (excluding diaryl/α,β-unsaturated/α-hetero) is 1. The summed E-state index contributed by atoms with van der Waals surface area (Å²) in [7, 11) is 0. The first-order chi connectivity index (χ1) is 8.18. The Labute approximate surface area is 101 Å². The van der Waals surface area contributed by atoms with Gasteiger partial charge in [-0.3, -0.25) is 9.59 Å². The summed E-state index contributed by atoms with van der Waals surface area (Å²) in [5, 5.41) is 0. The van der Waals surface area contributed by atoms with Crippen LogP contribution >= 0.6 is 0 Å². The standard InChI is InChI=1S/C14H18O3/c1-2-17-12(16)9-6-8-7-10(15)14-5-3-4-13(8,14)11(9)14/h8-9,11H,2-7H2,1H3/t8-,9+,11+,13+,14-/m1/s1. The summed E-state index contributed by atoms with van der Waals surface area (Å²) in [6.45, 7) is 2.31. The fraction of sp³-hybridized carbons (Fsp3) is 0.857. The molecular weight excluding hydrogens is 216 g/mol. The molecule has 0 saturated heterocycles. The Morgan fingerprint density at radius 3 is 3.00 bits per heavy atom. The first-order valence-electron chi connectivity index (χ1n) is 6.88. The van der Waals surface area contributed by atoms with E-state index < -0.39 is 0 Å². The molecule has 0 heterocycles. The van der Waals surface area contributed by atoms with Crippen LogP contribution in [0.5, 0.6) is 0 Å². The summed E-state index contributed by atoms with van der Waals surface area (Å²) in [4.78, 5) is 24.2. The highest BCUT2D eigenvalue weighted by molar-refractivity contribution is 5.96. The summed E-state index contributed by atoms with van der Waals surface area (Å²) in [5.41, 5.74) is 0.189. The highest BCUT2D eigenvalue weighted by atomic mass is 16.5. The fourth-order valence-corrected chi connectivity index (χ4v) is 5.99. The molecule has 4 saturated carbocycles. The molecule has 0 aliphatic heterocycles. The molecule has 1 spiro atoms. The van der Waals surface area contributed by atoms with Gasteiger partial charge >= 0.3 is 5.97 Å². The summed E-state index contributed by atoms with van der Waals surface area (Å²) in [5.74, 6) is 1.32. The minimum atomic E-state index is -0.0622. The number of carbonyl (C=O) groups excluding carboxylic acids is 2. The van der Waals surface area contributed by atoms with Crippen LogP contribution in [0.1, 0.15) is 39.0 Å². The van der Waals surface area contributed by atoms with E-state index in [1.165, 1.54) is 12.8 Å². The van der Waals surface area contributed by atoms with E-state index in [-0.39, 0.29) is 22.7 Å². The minimum absolute atomic E-state index is 0.0340. The van der Waals surface area contributed by atoms with Crippen LogP contribution < -0.4 is 0 Å². The number of esters is 1. The molecule has 0 unspecified atom stereocenters. The fourth-order valence-electron chi connectivity index (χ4n) is 5.99. The molecule has 0 N–H and O–H groups in total. The average molecular weight is 234 g/mol. The molecule has 5 atom stereocenters. The quantitative estimate of drug-likeness (QED) is 0.686. The highest BCUT2D eigenvalue weighted by Gasteiger charge is 2.91. The topological polar surface area (TPSA) is 43.4 Å². The SMILES string of the molecule is CCOC(=O)[C@H]1C[C@@H]2CC(=O)[C@@]34CCC[C@@]23[C@H]14. The van der Waals surface area contributed by atoms with E-state index in [0.717, 1.165) is 19.3 Å². The number of hydrogen-bond acceptors (Lipinski definition) is 3. The van der Waals surface area contributed by atoms with Gasteiger partial charge < -0.3 is 4.74 Å². The van der Waals surface area contributed by atoms with Gasteiger partial charge in [-0.2, -0.15) is 0 Å². The van der Waals surface area contributed by atoms with Gasteiger partial charge in [0.1, 0.15) is 5.78 Å². The number of ketones is 1. The van der Waals surface area contributed by atoms with E-state index in [9.17, 15) is 9.59 Å². The van der Waals surface area contributed by atoms with Crippen LogP contribution in [0.15, 0.2) is 0 Å². The van der Waals surface area contributed by atoms with Crippen LogP contribution in [-0.4, -0.2) is 18.4 Å². The van der Waals surface area contributed by atoms with Crippen molar-refractivity contribution in [1.29, 1.82) is 0 Å². The predicted molar refractivity (Wildman–Crippen MR) is 60.1 cm³/mol. The maximum atomic E-state index is 12.2. The highest BCUT2D eigenvalue weighted by Crippen LogP contribution is 2.91. The predicted octanol–water partition coefficient (Wildman–Crippen LogP) is 1.94. The molecule has 0 aromatic carbocycles. The molecule has 4 aliphatic rings. The van der Waals surface area contributed by atoms with E-state index in [0.29, 0.717) is 24.2 Å². The van der Waals surface area contributed by atoms with Crippen molar-refractivity contribution in [1.82, 2.24) is 0 Å². The van der Waals surface area contributed by atoms with Gasteiger partial charge in [0.05, 0.1) is 12.5 Å². The monoisotopic (exact) mass is 234 g/mol. The minimum Gasteiger partial charge on any atom is -0.466 e. The molecule has 3 nitrogen and oxygen atoms in total. The molecule has 0 aromatic heterocycles. The van der Waals surface area contributed by atoms with Gasteiger partial charge in [0.25, 0.3) is 0 Å². The van der Waals surface area contributed by atoms with Crippen LogP contribution in [-0.2, 0) is 14.3 Å². The Bertz CT molecular complexity index is 429. The smallest absolute Gasteiger partial charge is 0.309 e. The molecule has 4 aliphatic carbocycles. The molecule has 0 amide bonds. The lowest BCUT2D eigenvalue weighted by atomic mass is 9.88. The van der Waals surface area contributed by atoms with Gasteiger partial charge in [-0.1, -0.05) is 6.42 Å². The van der Waals surface area contributed by atoms with Crippen molar-refractivity contribution in [3.8, 4) is 0 Å². The van der Waals surface area contributed by atoms with E-state index in [2.05, 4.69) is 0 Å². The van der Waals surface area contributed by atoms with Crippen LogP contribution in [0, 0.1) is 28.6 Å². The van der Waals surface area contributed by atoms with Crippen molar-refractivity contribution in [3.63, 3.8) is 0 Å². The van der Waals surface area contributed by atoms with Gasteiger partial charge in [-0.15, -0.1) is 0 Å². The lowest BCUT2D eigenvalue weighted by Gasteiger charge is -2.16. The normalized spacial score (nSPS) is 53.5. The summed E-state index contributed by atoms with van der Waals surface area (Å²) in [6.07, 6.45) is 5.07. The van der Waals surface area contributed by atoms with Crippen LogP contribution in [0.4, 0.5) is 0 Å². The maximum absolute atomic E-state index is 12.2. The number of carbonyl (C=O) groups is 2. The van der Waals surface area contributed by atoms with Gasteiger partial charge in [0.2, 0.25) is 0 Å². The van der Waals surface area contributed by atoms with Crippen LogP contribution in [0.25, 0.3) is 0 Å². The summed E-state index contributed by atoms with van der Waals surface area (Å²) < 4.78 is 5.19. The first kappa shape index (κ1) is 10.1. The Hall–Kier alpha value is -0.860. The molecule has 0 aromatic rings. The van der Waals surface area contributed by atoms with Crippen molar-refractivity contribution in [2.75, 3.05) is 6.61 Å². The summed E-state index contributed by atoms with van der Waals surface area (Å²) in [6, 6.07) is 0. The third-order valence-electron chi connectivity index (χ3n) is 6.18. The molecule has 3 heteroatoms. The first-order valence-corrected chi connectivity index (χ1v) is 6.88. The lowest BCUT2D eigenvalue weighted by molar-refractivity contribution is -0.149. The van der Waals surface area contributed by atoms with Gasteiger partial charge in [0, 0.05) is 11.8 Å². The average Bonchev–Trinajstić information content (AvgIpc) is 2.58. The molecular formula is C14H18O3. The van der Waals surface area contributed by atoms with Crippen molar-refractivity contribution in [2.45, 2.75) is 39.0 Å². The lowest BCUT2D eigenvalue weighted by Crippen LogP contribution is -2.23. The zero-order chi connectivity index (χ0) is 11.8. The Balaban J connectivity index is 1.71. The zero-order valence-corrected chi connectivity index (χ0v) is 10.2. The van der Waals surface area contributed by atoms with Crippen molar-refractivity contribution >= 4 is 11.8 Å². The zero-order valence-electron chi connectivity index (χ0n) is 10.2. The second kappa shape index (κ2) is 2.76. The van der Waals surface area contributed by atoms with Crippen molar-refractivity contribution in [2.24, 2.45) is 28.6 Å². The second-order valence-electron chi connectivity index (χ2n) is 6.26. The van der Waals surface area contributed by atoms with Crippen molar-refractivity contribution < 1.29 is 14.3 Å². The van der Waals surface area contributed by atoms with Gasteiger partial charge in [-0.05, 0) is 43.4 Å². The summed E-state index contributed by atoms with van der Waals surface area (Å²) >= 11 is 0. The van der Waals surface area contributed by atoms with Gasteiger partial charge in [-0.25, -0.2) is 0 Å². The number of hydrogen-bond donors (Lipinski definition) is 0. The molecule has 4 fully saturated rings. The Morgan fingerprint density at radius 2 is 2.29 bits per heavy atom. The Kier molecular flexibility index (Phi) is 1.64. The van der Waals surface area contributed by atoms with Crippen molar-refractivity contribution in [3.05, 3.63) is 0 Å². The van der Waals surface area contributed by atoms with Crippen LogP contribution in [0.2, 0.25) is 0 Å². The van der Waals surface area contributed by atoms with E-state index in [4.69, 9.17) is 4.74 Å². The Morgan fingerprint density at radius 1 is 1.47 bits per heavy atom. The third kappa shape index (κ3) is 0.801. The second-order valence-corrected chi connectivity index (χ2v) is 6.26. The number of ether oxygens (including phenoxy) is 1. The van der Waals surface area contributed by atoms with E-state index >= 15 is 0 Å².